The molecule has 8 heteroatoms. The molecule has 198 valence electrons. The summed E-state index contributed by atoms with van der Waals surface area (Å²) in [5.41, 5.74) is 4.90. The van der Waals surface area contributed by atoms with Crippen LogP contribution in [0.25, 0.3) is 32.9 Å². The van der Waals surface area contributed by atoms with Crippen molar-refractivity contribution < 1.29 is 19.2 Å². The van der Waals surface area contributed by atoms with Crippen LogP contribution in [0.4, 0.5) is 0 Å². The van der Waals surface area contributed by atoms with Gasteiger partial charge >= 0.3 is 7.48 Å². The standard InChI is InChI=1S/C30H36BN3O4/c1-29(2,35)30(3,4)38-31-20-7-8-21-19(11-20)16-37-26-13-22-18(12-23(21)26)6-9-24-27(22)34-28(33-24)25-10-17(14-32-25)15-36-5/h6-9,11-13,17,25,31-32,35H,10,14-16H2,1-5H3,(H,33,34)/t17-,25-/m0/s1. The molecule has 0 radical (unpaired) electrons. The number of aromatic nitrogens is 2. The minimum atomic E-state index is -0.939. The first kappa shape index (κ1) is 25.4. The molecule has 3 heterocycles. The maximum atomic E-state index is 10.4. The average molecular weight is 513 g/mol. The molecule has 7 nitrogen and oxygen atoms in total. The molecule has 0 aliphatic carbocycles. The molecule has 0 spiro atoms. The zero-order chi connectivity index (χ0) is 26.7. The van der Waals surface area contributed by atoms with Crippen LogP contribution in [0.3, 0.4) is 0 Å². The van der Waals surface area contributed by atoms with Gasteiger partial charge in [0.05, 0.1) is 34.9 Å². The Morgan fingerprint density at radius 1 is 1.11 bits per heavy atom. The molecule has 1 saturated heterocycles. The first-order valence-electron chi connectivity index (χ1n) is 13.4. The largest absolute Gasteiger partial charge is 0.488 e. The fourth-order valence-electron chi connectivity index (χ4n) is 5.44. The molecule has 0 saturated carbocycles. The van der Waals surface area contributed by atoms with E-state index in [1.165, 1.54) is 5.56 Å². The van der Waals surface area contributed by atoms with Gasteiger partial charge in [-0.2, -0.15) is 0 Å². The third-order valence-corrected chi connectivity index (χ3v) is 8.46. The number of rotatable bonds is 7. The predicted molar refractivity (Wildman–Crippen MR) is 152 cm³/mol. The Hall–Kier alpha value is -2.91. The lowest BCUT2D eigenvalue weighted by Gasteiger charge is -2.37. The summed E-state index contributed by atoms with van der Waals surface area (Å²) in [5.74, 6) is 2.38. The summed E-state index contributed by atoms with van der Waals surface area (Å²) in [6, 6.07) is 15.2. The van der Waals surface area contributed by atoms with Crippen LogP contribution in [0, 0.1) is 5.92 Å². The van der Waals surface area contributed by atoms with Crippen molar-refractivity contribution in [1.82, 2.24) is 15.3 Å². The Labute approximate surface area is 224 Å². The van der Waals surface area contributed by atoms with Crippen molar-refractivity contribution in [2.45, 2.75) is 58.0 Å². The Morgan fingerprint density at radius 2 is 1.95 bits per heavy atom. The fourth-order valence-corrected chi connectivity index (χ4v) is 5.44. The summed E-state index contributed by atoms with van der Waals surface area (Å²) in [6.07, 6.45) is 1.02. The average Bonchev–Trinajstić information content (AvgIpc) is 3.53. The normalized spacial score (nSPS) is 19.4. The lowest BCUT2D eigenvalue weighted by molar-refractivity contribution is -0.0893. The van der Waals surface area contributed by atoms with Crippen molar-refractivity contribution >= 4 is 34.8 Å². The number of fused-ring (bicyclic) bond motifs is 6. The Kier molecular flexibility index (Phi) is 6.26. The Balaban J connectivity index is 1.29. The van der Waals surface area contributed by atoms with Crippen LogP contribution in [0.5, 0.6) is 5.75 Å². The highest BCUT2D eigenvalue weighted by Gasteiger charge is 2.35. The van der Waals surface area contributed by atoms with Crippen LogP contribution >= 0.6 is 0 Å². The lowest BCUT2D eigenvalue weighted by atomic mass is 9.80. The van der Waals surface area contributed by atoms with Crippen LogP contribution in [-0.4, -0.2) is 54.0 Å². The maximum Gasteiger partial charge on any atom is 0.309 e. The summed E-state index contributed by atoms with van der Waals surface area (Å²) in [5, 5.41) is 16.3. The molecule has 1 fully saturated rings. The summed E-state index contributed by atoms with van der Waals surface area (Å²) in [4.78, 5) is 8.53. The second-order valence-corrected chi connectivity index (χ2v) is 11.8. The van der Waals surface area contributed by atoms with Crippen molar-refractivity contribution in [2.75, 3.05) is 20.3 Å². The maximum absolute atomic E-state index is 10.4. The van der Waals surface area contributed by atoms with E-state index in [1.54, 1.807) is 21.0 Å². The first-order valence-corrected chi connectivity index (χ1v) is 13.4. The number of hydrogen-bond acceptors (Lipinski definition) is 6. The number of aromatic amines is 1. The molecule has 4 aromatic rings. The molecule has 0 amide bonds. The van der Waals surface area contributed by atoms with Crippen molar-refractivity contribution in [3.05, 3.63) is 53.9 Å². The molecule has 1 aromatic heterocycles. The van der Waals surface area contributed by atoms with Gasteiger partial charge in [-0.05, 0) is 74.7 Å². The molecule has 2 atom stereocenters. The van der Waals surface area contributed by atoms with Crippen molar-refractivity contribution in [3.8, 4) is 16.9 Å². The molecule has 2 aliphatic heterocycles. The van der Waals surface area contributed by atoms with E-state index in [1.807, 2.05) is 13.8 Å². The number of ether oxygens (including phenoxy) is 2. The number of nitrogens with one attached hydrogen (secondary N) is 2. The van der Waals surface area contributed by atoms with Crippen molar-refractivity contribution in [3.63, 3.8) is 0 Å². The van der Waals surface area contributed by atoms with Crippen LogP contribution in [0.15, 0.2) is 42.5 Å². The molecule has 6 rings (SSSR count). The number of aliphatic hydroxyl groups is 1. The van der Waals surface area contributed by atoms with E-state index in [-0.39, 0.29) is 6.04 Å². The van der Waals surface area contributed by atoms with E-state index in [9.17, 15) is 5.11 Å². The summed E-state index contributed by atoms with van der Waals surface area (Å²) >= 11 is 0. The van der Waals surface area contributed by atoms with E-state index in [2.05, 4.69) is 52.8 Å². The Morgan fingerprint density at radius 3 is 2.74 bits per heavy atom. The topological polar surface area (TPSA) is 88.6 Å². The summed E-state index contributed by atoms with van der Waals surface area (Å²) in [6.45, 7) is 9.60. The van der Waals surface area contributed by atoms with Gasteiger partial charge in [0.1, 0.15) is 18.2 Å². The molecule has 38 heavy (non-hydrogen) atoms. The molecule has 0 unspecified atom stereocenters. The van der Waals surface area contributed by atoms with Gasteiger partial charge < -0.3 is 29.5 Å². The molecule has 3 aromatic carbocycles. The van der Waals surface area contributed by atoms with Gasteiger partial charge in [0.2, 0.25) is 0 Å². The summed E-state index contributed by atoms with van der Waals surface area (Å²) in [7, 11) is 2.19. The van der Waals surface area contributed by atoms with Gasteiger partial charge in [-0.15, -0.1) is 0 Å². The van der Waals surface area contributed by atoms with E-state index in [0.29, 0.717) is 20.0 Å². The third-order valence-electron chi connectivity index (χ3n) is 8.46. The zero-order valence-electron chi connectivity index (χ0n) is 22.9. The van der Waals surface area contributed by atoms with Crippen molar-refractivity contribution in [1.29, 1.82) is 0 Å². The quantitative estimate of drug-likeness (QED) is 0.323. The number of benzene rings is 3. The van der Waals surface area contributed by atoms with Gasteiger partial charge in [-0.3, -0.25) is 0 Å². The molecule has 0 bridgehead atoms. The van der Waals surface area contributed by atoms with E-state index in [4.69, 9.17) is 19.1 Å². The molecular weight excluding hydrogens is 477 g/mol. The van der Waals surface area contributed by atoms with E-state index in [0.717, 1.165) is 69.5 Å². The van der Waals surface area contributed by atoms with E-state index < -0.39 is 11.2 Å². The second kappa shape index (κ2) is 9.38. The predicted octanol–water partition coefficient (Wildman–Crippen LogP) is 4.12. The molecule has 3 N–H and O–H groups in total. The second-order valence-electron chi connectivity index (χ2n) is 11.8. The highest BCUT2D eigenvalue weighted by molar-refractivity contribution is 6.47. The van der Waals surface area contributed by atoms with E-state index >= 15 is 0 Å². The number of H-pyrrole nitrogens is 1. The fraction of sp³-hybridized carbons (Fsp3) is 0.433. The van der Waals surface area contributed by atoms with Gasteiger partial charge in [0, 0.05) is 24.6 Å². The summed E-state index contributed by atoms with van der Waals surface area (Å²) < 4.78 is 17.7. The van der Waals surface area contributed by atoms with Crippen LogP contribution in [0.2, 0.25) is 0 Å². The highest BCUT2D eigenvalue weighted by Crippen LogP contribution is 2.41. The minimum absolute atomic E-state index is 0.213. The smallest absolute Gasteiger partial charge is 0.309 e. The van der Waals surface area contributed by atoms with Crippen LogP contribution < -0.4 is 15.5 Å². The van der Waals surface area contributed by atoms with Gasteiger partial charge in [0.25, 0.3) is 0 Å². The van der Waals surface area contributed by atoms with Crippen molar-refractivity contribution in [2.24, 2.45) is 5.92 Å². The highest BCUT2D eigenvalue weighted by atomic mass is 16.5. The van der Waals surface area contributed by atoms with Crippen LogP contribution in [-0.2, 0) is 16.0 Å². The first-order chi connectivity index (χ1) is 18.1. The minimum Gasteiger partial charge on any atom is -0.488 e. The number of hydrogen-bond donors (Lipinski definition) is 3. The number of nitrogens with zero attached hydrogens (tertiary/aromatic N) is 1. The third kappa shape index (κ3) is 4.49. The Bertz CT molecular complexity index is 1510. The molecular formula is C30H36BN3O4. The monoisotopic (exact) mass is 513 g/mol. The number of imidazole rings is 1. The van der Waals surface area contributed by atoms with Gasteiger partial charge in [-0.25, -0.2) is 4.98 Å². The lowest BCUT2D eigenvalue weighted by Crippen LogP contribution is -2.49. The molecule has 2 aliphatic rings. The van der Waals surface area contributed by atoms with Gasteiger partial charge in [0.15, 0.2) is 0 Å². The van der Waals surface area contributed by atoms with Crippen LogP contribution in [0.1, 0.15) is 51.5 Å². The van der Waals surface area contributed by atoms with Gasteiger partial charge in [-0.1, -0.05) is 29.7 Å². The SMILES string of the molecule is COC[C@@H]1CN[C@H](c2nc3ccc4cc5c(cc4c3[nH]2)OCc2cc(BOC(C)(C)C(C)(C)O)ccc2-5)C1. The zero-order valence-corrected chi connectivity index (χ0v) is 22.9. The number of methoxy groups -OCH3 is 1.